The number of nitrogens with one attached hydrogen (secondary N) is 1. The van der Waals surface area contributed by atoms with Gasteiger partial charge >= 0.3 is 0 Å². The highest BCUT2D eigenvalue weighted by Crippen LogP contribution is 2.32. The smallest absolute Gasteiger partial charge is 0.263 e. The van der Waals surface area contributed by atoms with Crippen molar-refractivity contribution in [3.63, 3.8) is 0 Å². The van der Waals surface area contributed by atoms with Gasteiger partial charge in [-0.25, -0.2) is 30.4 Å². The maximum Gasteiger partial charge on any atom is 0.263 e. The molecule has 1 aliphatic heterocycles. The van der Waals surface area contributed by atoms with Crippen LogP contribution in [0.15, 0.2) is 83.8 Å². The van der Waals surface area contributed by atoms with Crippen LogP contribution in [-0.4, -0.2) is 37.1 Å². The number of amides is 1. The summed E-state index contributed by atoms with van der Waals surface area (Å²) in [5, 5.41) is 2.60. The van der Waals surface area contributed by atoms with Crippen LogP contribution in [0.5, 0.6) is 0 Å². The Balaban J connectivity index is 0.000000449. The van der Waals surface area contributed by atoms with Crippen LogP contribution in [0.1, 0.15) is 36.0 Å². The first-order valence-corrected chi connectivity index (χ1v) is 13.6. The van der Waals surface area contributed by atoms with Crippen molar-refractivity contribution in [2.24, 2.45) is 0 Å². The lowest BCUT2D eigenvalue weighted by Crippen LogP contribution is -2.49. The van der Waals surface area contributed by atoms with E-state index >= 15 is 0 Å². The Kier molecular flexibility index (Phi) is 10.5. The van der Waals surface area contributed by atoms with E-state index in [4.69, 9.17) is 11.6 Å². The summed E-state index contributed by atoms with van der Waals surface area (Å²) in [6.07, 6.45) is -4.33. The van der Waals surface area contributed by atoms with Gasteiger partial charge in [0.05, 0.1) is 4.90 Å². The first kappa shape index (κ1) is 30.5. The SMILES string of the molecule is FCc1ccccc1.O=C1NCCC(F)(F)C[C@H]1N(Cc1ccc(C(F)F)cc1)S(=O)(=O)c1ccc(Cl)cc1. The van der Waals surface area contributed by atoms with Gasteiger partial charge in [0.1, 0.15) is 12.7 Å². The molecule has 39 heavy (non-hydrogen) atoms. The molecule has 3 aromatic rings. The molecule has 1 heterocycles. The minimum atomic E-state index is -4.41. The summed E-state index contributed by atoms with van der Waals surface area (Å²) in [6.45, 7) is -1.11. The fraction of sp³-hybridized carbons (Fsp3) is 0.296. The summed E-state index contributed by atoms with van der Waals surface area (Å²) in [4.78, 5) is 12.3. The van der Waals surface area contributed by atoms with Gasteiger partial charge in [-0.1, -0.05) is 66.2 Å². The Bertz CT molecular complexity index is 1330. The molecule has 0 aliphatic carbocycles. The van der Waals surface area contributed by atoms with Crippen molar-refractivity contribution in [1.29, 1.82) is 0 Å². The molecule has 4 rings (SSSR count). The number of alkyl halides is 5. The molecule has 5 nitrogen and oxygen atoms in total. The third-order valence-electron chi connectivity index (χ3n) is 5.92. The molecule has 1 aliphatic rings. The molecule has 1 N–H and O–H groups in total. The fourth-order valence-electron chi connectivity index (χ4n) is 3.82. The highest BCUT2D eigenvalue weighted by molar-refractivity contribution is 7.89. The van der Waals surface area contributed by atoms with Crippen molar-refractivity contribution in [2.75, 3.05) is 6.54 Å². The molecule has 1 amide bonds. The van der Waals surface area contributed by atoms with E-state index < -0.39 is 53.7 Å². The second-order valence-corrected chi connectivity index (χ2v) is 11.1. The second-order valence-electron chi connectivity index (χ2n) is 8.78. The number of carbonyl (C=O) groups is 1. The number of hydrogen-bond acceptors (Lipinski definition) is 3. The van der Waals surface area contributed by atoms with Crippen LogP contribution >= 0.6 is 11.6 Å². The molecule has 0 unspecified atom stereocenters. The van der Waals surface area contributed by atoms with E-state index in [1.165, 1.54) is 36.4 Å². The number of nitrogens with zero attached hydrogens (tertiary/aromatic N) is 1. The predicted molar refractivity (Wildman–Crippen MR) is 138 cm³/mol. The van der Waals surface area contributed by atoms with E-state index in [1.807, 2.05) is 18.2 Å². The first-order chi connectivity index (χ1) is 18.4. The van der Waals surface area contributed by atoms with Crippen LogP contribution < -0.4 is 5.32 Å². The molecule has 1 fully saturated rings. The van der Waals surface area contributed by atoms with Crippen LogP contribution in [-0.2, 0) is 28.0 Å². The Morgan fingerprint density at radius 2 is 1.56 bits per heavy atom. The molecule has 3 aromatic carbocycles. The monoisotopic (exact) mass is 588 g/mol. The zero-order valence-corrected chi connectivity index (χ0v) is 22.1. The molecule has 0 saturated carbocycles. The summed E-state index contributed by atoms with van der Waals surface area (Å²) in [5.74, 6) is -4.11. The van der Waals surface area contributed by atoms with E-state index in [2.05, 4.69) is 5.32 Å². The highest BCUT2D eigenvalue weighted by Gasteiger charge is 2.45. The van der Waals surface area contributed by atoms with E-state index in [9.17, 15) is 35.2 Å². The molecule has 12 heteroatoms. The van der Waals surface area contributed by atoms with Gasteiger partial charge < -0.3 is 5.32 Å². The van der Waals surface area contributed by atoms with Gasteiger partial charge in [0.15, 0.2) is 0 Å². The molecule has 0 bridgehead atoms. The molecule has 0 aromatic heterocycles. The predicted octanol–water partition coefficient (Wildman–Crippen LogP) is 6.54. The zero-order valence-electron chi connectivity index (χ0n) is 20.5. The fourth-order valence-corrected chi connectivity index (χ4v) is 5.52. The molecular formula is C27H26ClF5N2O3S. The van der Waals surface area contributed by atoms with Crippen molar-refractivity contribution in [2.45, 2.75) is 49.3 Å². The van der Waals surface area contributed by atoms with Crippen LogP contribution in [0, 0.1) is 0 Å². The van der Waals surface area contributed by atoms with Gasteiger partial charge in [-0.15, -0.1) is 0 Å². The van der Waals surface area contributed by atoms with Gasteiger partial charge in [0.2, 0.25) is 15.9 Å². The normalized spacial score (nSPS) is 17.2. The lowest BCUT2D eigenvalue weighted by molar-refractivity contribution is -0.126. The number of carbonyl (C=O) groups excluding carboxylic acids is 1. The van der Waals surface area contributed by atoms with E-state index in [-0.39, 0.29) is 34.3 Å². The summed E-state index contributed by atoms with van der Waals surface area (Å²) in [6, 6.07) is 17.2. The Labute approximate surface area is 228 Å². The average molecular weight is 589 g/mol. The molecule has 210 valence electrons. The van der Waals surface area contributed by atoms with Crippen molar-refractivity contribution < 1.29 is 35.2 Å². The maximum atomic E-state index is 14.3. The molecule has 1 saturated heterocycles. The van der Waals surface area contributed by atoms with Gasteiger partial charge in [0.25, 0.3) is 12.3 Å². The third kappa shape index (κ3) is 8.48. The minimum absolute atomic E-state index is 0.235. The van der Waals surface area contributed by atoms with E-state index in [1.54, 1.807) is 12.1 Å². The third-order valence-corrected chi connectivity index (χ3v) is 8.04. The standard InChI is InChI=1S/C20H19ClF4N2O3S.C7H7F/c21-15-5-7-16(8-6-15)31(29,30)27(12-13-1-3-14(4-2-13)18(22)23)17-11-20(24,25)9-10-26-19(17)28;8-6-7-4-2-1-3-5-7/h1-8,17-18H,9-12H2,(H,26,28);1-5H,6H2/t17-;/m1./s1. The van der Waals surface area contributed by atoms with Crippen molar-refractivity contribution in [3.05, 3.63) is 101 Å². The molecule has 0 spiro atoms. The van der Waals surface area contributed by atoms with Crippen molar-refractivity contribution in [1.82, 2.24) is 9.62 Å². The lowest BCUT2D eigenvalue weighted by Gasteiger charge is -2.30. The van der Waals surface area contributed by atoms with Crippen molar-refractivity contribution >= 4 is 27.5 Å². The molecule has 0 radical (unpaired) electrons. The lowest BCUT2D eigenvalue weighted by atomic mass is 10.1. The average Bonchev–Trinajstić information content (AvgIpc) is 3.05. The Hall–Kier alpha value is -3.02. The summed E-state index contributed by atoms with van der Waals surface area (Å²) < 4.78 is 93.2. The van der Waals surface area contributed by atoms with Crippen LogP contribution in [0.4, 0.5) is 22.0 Å². The van der Waals surface area contributed by atoms with Gasteiger partial charge in [-0.2, -0.15) is 4.31 Å². The maximum absolute atomic E-state index is 14.3. The highest BCUT2D eigenvalue weighted by atomic mass is 35.5. The van der Waals surface area contributed by atoms with Gasteiger partial charge in [-0.3, -0.25) is 4.79 Å². The van der Waals surface area contributed by atoms with Crippen LogP contribution in [0.25, 0.3) is 0 Å². The van der Waals surface area contributed by atoms with Crippen molar-refractivity contribution in [3.8, 4) is 0 Å². The summed E-state index contributed by atoms with van der Waals surface area (Å²) in [7, 11) is -4.41. The number of rotatable bonds is 7. The van der Waals surface area contributed by atoms with Crippen LogP contribution in [0.3, 0.4) is 0 Å². The number of sulfonamides is 1. The largest absolute Gasteiger partial charge is 0.354 e. The Morgan fingerprint density at radius 3 is 2.10 bits per heavy atom. The second kappa shape index (κ2) is 13.4. The van der Waals surface area contributed by atoms with Gasteiger partial charge in [-0.05, 0) is 35.4 Å². The minimum Gasteiger partial charge on any atom is -0.354 e. The number of hydrogen-bond donors (Lipinski definition) is 1. The van der Waals surface area contributed by atoms with E-state index in [0.717, 1.165) is 17.7 Å². The topological polar surface area (TPSA) is 66.5 Å². The first-order valence-electron chi connectivity index (χ1n) is 11.8. The van der Waals surface area contributed by atoms with Gasteiger partial charge in [0, 0.05) is 36.5 Å². The van der Waals surface area contributed by atoms with Crippen LogP contribution in [0.2, 0.25) is 5.02 Å². The number of halogens is 6. The summed E-state index contributed by atoms with van der Waals surface area (Å²) in [5.41, 5.74) is 0.740. The Morgan fingerprint density at radius 1 is 0.949 bits per heavy atom. The summed E-state index contributed by atoms with van der Waals surface area (Å²) >= 11 is 5.81. The zero-order chi connectivity index (χ0) is 28.6. The quantitative estimate of drug-likeness (QED) is 0.319. The molecule has 1 atom stereocenters. The number of benzene rings is 3. The van der Waals surface area contributed by atoms with E-state index in [0.29, 0.717) is 4.31 Å². The molecular weight excluding hydrogens is 563 g/mol.